The van der Waals surface area contributed by atoms with Gasteiger partial charge in [-0.3, -0.25) is 4.79 Å². The summed E-state index contributed by atoms with van der Waals surface area (Å²) < 4.78 is 9.94. The first-order valence-electron chi connectivity index (χ1n) is 6.05. The largest absolute Gasteiger partial charge is 0.497 e. The van der Waals surface area contributed by atoms with Gasteiger partial charge in [0.15, 0.2) is 0 Å². The molecule has 20 heavy (non-hydrogen) atoms. The Morgan fingerprint density at radius 1 is 1.35 bits per heavy atom. The molecule has 0 aromatic heterocycles. The second-order valence-corrected chi connectivity index (χ2v) is 4.38. The van der Waals surface area contributed by atoms with Gasteiger partial charge in [0.2, 0.25) is 0 Å². The topological polar surface area (TPSA) is 76.7 Å². The van der Waals surface area contributed by atoms with Crippen molar-refractivity contribution in [3.05, 3.63) is 42.1 Å². The van der Waals surface area contributed by atoms with Gasteiger partial charge in [0.25, 0.3) is 0 Å². The predicted molar refractivity (Wildman–Crippen MR) is 72.0 cm³/mol. The van der Waals surface area contributed by atoms with Gasteiger partial charge in [-0.15, -0.1) is 0 Å². The first kappa shape index (κ1) is 13.9. The number of esters is 1. The highest BCUT2D eigenvalue weighted by Crippen LogP contribution is 2.31. The van der Waals surface area contributed by atoms with Crippen molar-refractivity contribution >= 4 is 12.0 Å². The summed E-state index contributed by atoms with van der Waals surface area (Å²) in [7, 11) is 2.85. The molecule has 6 nitrogen and oxygen atoms in total. The van der Waals surface area contributed by atoms with Gasteiger partial charge in [-0.2, -0.15) is 0 Å². The Morgan fingerprint density at radius 3 is 2.75 bits per heavy atom. The number of ether oxygens (including phenoxy) is 2. The fraction of sp³-hybridized carbons (Fsp3) is 0.286. The molecule has 2 rings (SSSR count). The molecule has 6 heteroatoms. The summed E-state index contributed by atoms with van der Waals surface area (Å²) in [5.41, 5.74) is 1.06. The number of hydrogen-bond acceptors (Lipinski definition) is 4. The number of benzene rings is 1. The molecule has 1 heterocycles. The van der Waals surface area contributed by atoms with Crippen LogP contribution >= 0.6 is 0 Å². The van der Waals surface area contributed by atoms with Crippen molar-refractivity contribution in [2.24, 2.45) is 5.92 Å². The molecule has 0 bridgehead atoms. The van der Waals surface area contributed by atoms with Gasteiger partial charge >= 0.3 is 12.0 Å². The summed E-state index contributed by atoms with van der Waals surface area (Å²) in [5, 5.41) is 5.21. The van der Waals surface area contributed by atoms with Gasteiger partial charge in [-0.1, -0.05) is 18.7 Å². The lowest BCUT2D eigenvalue weighted by atomic mass is 9.89. The number of hydrogen-bond donors (Lipinski definition) is 2. The molecule has 2 N–H and O–H groups in total. The minimum Gasteiger partial charge on any atom is -0.497 e. The van der Waals surface area contributed by atoms with Gasteiger partial charge in [0, 0.05) is 5.70 Å². The van der Waals surface area contributed by atoms with E-state index in [0.717, 1.165) is 5.56 Å². The van der Waals surface area contributed by atoms with E-state index in [0.29, 0.717) is 11.4 Å². The van der Waals surface area contributed by atoms with Gasteiger partial charge in [-0.05, 0) is 17.7 Å². The number of urea groups is 1. The third-order valence-corrected chi connectivity index (χ3v) is 3.18. The fourth-order valence-electron chi connectivity index (χ4n) is 2.20. The molecule has 1 aliphatic heterocycles. The lowest BCUT2D eigenvalue weighted by Gasteiger charge is -2.33. The second kappa shape index (κ2) is 5.64. The molecule has 1 saturated heterocycles. The summed E-state index contributed by atoms with van der Waals surface area (Å²) in [6.45, 7) is 3.73. The lowest BCUT2D eigenvalue weighted by molar-refractivity contribution is -0.145. The van der Waals surface area contributed by atoms with Crippen LogP contribution in [0.15, 0.2) is 36.5 Å². The van der Waals surface area contributed by atoms with Crippen molar-refractivity contribution in [1.29, 1.82) is 0 Å². The van der Waals surface area contributed by atoms with Crippen molar-refractivity contribution in [3.63, 3.8) is 0 Å². The number of carbonyl (C=O) groups is 2. The predicted octanol–water partition coefficient (Wildman–Crippen LogP) is 1.35. The maximum Gasteiger partial charge on any atom is 0.319 e. The van der Waals surface area contributed by atoms with Crippen LogP contribution in [0.5, 0.6) is 5.75 Å². The number of amides is 2. The van der Waals surface area contributed by atoms with Crippen LogP contribution in [-0.2, 0) is 9.53 Å². The molecule has 2 atom stereocenters. The van der Waals surface area contributed by atoms with E-state index in [9.17, 15) is 9.59 Å². The van der Waals surface area contributed by atoms with Crippen LogP contribution in [0.3, 0.4) is 0 Å². The van der Waals surface area contributed by atoms with Gasteiger partial charge in [-0.25, -0.2) is 4.79 Å². The van der Waals surface area contributed by atoms with E-state index in [2.05, 4.69) is 17.2 Å². The number of carbonyl (C=O) groups excluding carboxylic acids is 2. The molecular formula is C14H16N2O4. The first-order chi connectivity index (χ1) is 9.56. The van der Waals surface area contributed by atoms with Crippen molar-refractivity contribution in [2.75, 3.05) is 14.2 Å². The zero-order chi connectivity index (χ0) is 14.7. The first-order valence-corrected chi connectivity index (χ1v) is 6.05. The molecule has 1 aliphatic rings. The fourth-order valence-corrected chi connectivity index (χ4v) is 2.20. The van der Waals surface area contributed by atoms with Crippen molar-refractivity contribution in [2.45, 2.75) is 6.04 Å². The molecule has 106 valence electrons. The molecule has 2 amide bonds. The summed E-state index contributed by atoms with van der Waals surface area (Å²) >= 11 is 0. The van der Waals surface area contributed by atoms with E-state index in [1.807, 2.05) is 6.07 Å². The highest BCUT2D eigenvalue weighted by molar-refractivity contribution is 5.85. The molecule has 0 radical (unpaired) electrons. The van der Waals surface area contributed by atoms with Crippen LogP contribution in [0.2, 0.25) is 0 Å². The molecule has 1 aromatic carbocycles. The Labute approximate surface area is 116 Å². The van der Waals surface area contributed by atoms with Crippen LogP contribution in [0, 0.1) is 5.92 Å². The maximum atomic E-state index is 11.9. The summed E-state index contributed by atoms with van der Waals surface area (Å²) in [4.78, 5) is 23.5. The zero-order valence-corrected chi connectivity index (χ0v) is 11.3. The van der Waals surface area contributed by atoms with Crippen LogP contribution < -0.4 is 15.4 Å². The normalized spacial score (nSPS) is 21.7. The van der Waals surface area contributed by atoms with E-state index < -0.39 is 24.0 Å². The van der Waals surface area contributed by atoms with Crippen molar-refractivity contribution < 1.29 is 19.1 Å². The summed E-state index contributed by atoms with van der Waals surface area (Å²) in [6, 6.07) is 6.21. The highest BCUT2D eigenvalue weighted by atomic mass is 16.5. The minimum atomic E-state index is -0.690. The molecule has 0 spiro atoms. The van der Waals surface area contributed by atoms with Gasteiger partial charge in [0.05, 0.1) is 20.3 Å². The summed E-state index contributed by atoms with van der Waals surface area (Å²) in [6.07, 6.45) is 0. The summed E-state index contributed by atoms with van der Waals surface area (Å²) in [5.74, 6) is -0.510. The standard InChI is InChI=1S/C14H16N2O4/c1-8-11(13(17)20-3)12(16-14(18)15-8)9-5-4-6-10(7-9)19-2/h4-7,11-12H,1H2,2-3H3,(H2,15,16,18). The smallest absolute Gasteiger partial charge is 0.319 e. The van der Waals surface area contributed by atoms with E-state index in [-0.39, 0.29) is 0 Å². The Balaban J connectivity index is 2.40. The Hall–Kier alpha value is -2.50. The van der Waals surface area contributed by atoms with Crippen LogP contribution in [-0.4, -0.2) is 26.2 Å². The third-order valence-electron chi connectivity index (χ3n) is 3.18. The average molecular weight is 276 g/mol. The Bertz CT molecular complexity index is 556. The van der Waals surface area contributed by atoms with E-state index in [1.165, 1.54) is 7.11 Å². The Kier molecular flexibility index (Phi) is 3.93. The third kappa shape index (κ3) is 2.59. The number of nitrogens with one attached hydrogen (secondary N) is 2. The molecule has 0 saturated carbocycles. The lowest BCUT2D eigenvalue weighted by Crippen LogP contribution is -2.51. The highest BCUT2D eigenvalue weighted by Gasteiger charge is 2.38. The van der Waals surface area contributed by atoms with E-state index >= 15 is 0 Å². The van der Waals surface area contributed by atoms with Crippen LogP contribution in [0.1, 0.15) is 11.6 Å². The zero-order valence-electron chi connectivity index (χ0n) is 11.3. The molecule has 1 aromatic rings. The molecule has 0 aliphatic carbocycles. The van der Waals surface area contributed by atoms with Crippen molar-refractivity contribution in [1.82, 2.24) is 10.6 Å². The molecular weight excluding hydrogens is 260 g/mol. The number of methoxy groups -OCH3 is 2. The van der Waals surface area contributed by atoms with Gasteiger partial charge < -0.3 is 20.1 Å². The van der Waals surface area contributed by atoms with Crippen LogP contribution in [0.4, 0.5) is 4.79 Å². The van der Waals surface area contributed by atoms with Crippen molar-refractivity contribution in [3.8, 4) is 5.75 Å². The Morgan fingerprint density at radius 2 is 2.10 bits per heavy atom. The second-order valence-electron chi connectivity index (χ2n) is 4.38. The number of rotatable bonds is 3. The molecule has 2 unspecified atom stereocenters. The molecule has 1 fully saturated rings. The minimum absolute atomic E-state index is 0.313. The van der Waals surface area contributed by atoms with E-state index in [4.69, 9.17) is 9.47 Å². The average Bonchev–Trinajstić information content (AvgIpc) is 2.45. The monoisotopic (exact) mass is 276 g/mol. The van der Waals surface area contributed by atoms with E-state index in [1.54, 1.807) is 25.3 Å². The maximum absolute atomic E-state index is 11.9. The van der Waals surface area contributed by atoms with Crippen LogP contribution in [0.25, 0.3) is 0 Å². The van der Waals surface area contributed by atoms with Gasteiger partial charge in [0.1, 0.15) is 11.7 Å². The quantitative estimate of drug-likeness (QED) is 0.817. The SMILES string of the molecule is C=C1NC(=O)NC(c2cccc(OC)c2)C1C(=O)OC.